The third-order valence-electron chi connectivity index (χ3n) is 2.83. The second kappa shape index (κ2) is 7.94. The maximum Gasteiger partial charge on any atom is 0.337 e. The largest absolute Gasteiger partial charge is 0.465 e. The lowest BCUT2D eigenvalue weighted by molar-refractivity contribution is 0.0601. The summed E-state index contributed by atoms with van der Waals surface area (Å²) in [5.41, 5.74) is 1.27. The van der Waals surface area contributed by atoms with Crippen LogP contribution in [0.1, 0.15) is 10.4 Å². The number of benzene rings is 1. The monoisotopic (exact) mass is 302 g/mol. The molecule has 2 aromatic rings. The van der Waals surface area contributed by atoms with Crippen LogP contribution in [0.25, 0.3) is 0 Å². The molecule has 1 heterocycles. The molecule has 7 nitrogen and oxygen atoms in total. The summed E-state index contributed by atoms with van der Waals surface area (Å²) >= 11 is 0. The highest BCUT2D eigenvalue weighted by Crippen LogP contribution is 2.15. The lowest BCUT2D eigenvalue weighted by Gasteiger charge is -2.08. The number of hydrogen-bond donors (Lipinski definition) is 2. The van der Waals surface area contributed by atoms with E-state index >= 15 is 0 Å². The Bertz CT molecular complexity index is 616. The van der Waals surface area contributed by atoms with Gasteiger partial charge in [-0.25, -0.2) is 9.78 Å². The number of carbonyl (C=O) groups is 1. The molecule has 0 aliphatic heterocycles. The molecule has 116 valence electrons. The molecule has 2 rings (SSSR count). The Hall–Kier alpha value is -2.67. The number of aromatic nitrogens is 2. The zero-order chi connectivity index (χ0) is 15.8. The van der Waals surface area contributed by atoms with Crippen LogP contribution >= 0.6 is 0 Å². The van der Waals surface area contributed by atoms with Gasteiger partial charge in [0, 0.05) is 25.5 Å². The zero-order valence-corrected chi connectivity index (χ0v) is 12.5. The van der Waals surface area contributed by atoms with Crippen LogP contribution in [0.3, 0.4) is 0 Å². The zero-order valence-electron chi connectivity index (χ0n) is 12.5. The first-order valence-corrected chi connectivity index (χ1v) is 6.74. The molecule has 0 atom stereocenters. The standard InChI is InChI=1S/C15H18N4O3/c1-21-10-9-16-13-7-8-17-15(19-13)18-12-5-3-11(4-6-12)14(20)22-2/h3-8H,9-10H2,1-2H3,(H2,16,17,18,19). The third-order valence-corrected chi connectivity index (χ3v) is 2.83. The number of anilines is 3. The first-order valence-electron chi connectivity index (χ1n) is 6.74. The Morgan fingerprint density at radius 1 is 1.18 bits per heavy atom. The van der Waals surface area contributed by atoms with Crippen molar-refractivity contribution >= 4 is 23.4 Å². The smallest absolute Gasteiger partial charge is 0.337 e. The molecule has 0 unspecified atom stereocenters. The second-order valence-electron chi connectivity index (χ2n) is 4.38. The van der Waals surface area contributed by atoms with Crippen molar-refractivity contribution in [2.45, 2.75) is 0 Å². The average molecular weight is 302 g/mol. The van der Waals surface area contributed by atoms with E-state index in [4.69, 9.17) is 4.74 Å². The Labute approximate surface area is 128 Å². The van der Waals surface area contributed by atoms with E-state index in [0.717, 1.165) is 5.69 Å². The van der Waals surface area contributed by atoms with Crippen molar-refractivity contribution in [3.63, 3.8) is 0 Å². The summed E-state index contributed by atoms with van der Waals surface area (Å²) in [7, 11) is 3.00. The van der Waals surface area contributed by atoms with E-state index in [1.165, 1.54) is 7.11 Å². The molecule has 0 aliphatic carbocycles. The van der Waals surface area contributed by atoms with Crippen LogP contribution in [0, 0.1) is 0 Å². The molecule has 22 heavy (non-hydrogen) atoms. The van der Waals surface area contributed by atoms with Gasteiger partial charge >= 0.3 is 5.97 Å². The van der Waals surface area contributed by atoms with Gasteiger partial charge in [-0.05, 0) is 30.3 Å². The van der Waals surface area contributed by atoms with Gasteiger partial charge in [0.2, 0.25) is 5.95 Å². The molecule has 0 fully saturated rings. The Morgan fingerprint density at radius 2 is 1.95 bits per heavy atom. The second-order valence-corrected chi connectivity index (χ2v) is 4.38. The normalized spacial score (nSPS) is 10.1. The van der Waals surface area contributed by atoms with Gasteiger partial charge in [0.25, 0.3) is 0 Å². The average Bonchev–Trinajstić information content (AvgIpc) is 2.55. The molecule has 0 amide bonds. The van der Waals surface area contributed by atoms with Crippen LogP contribution in [0.5, 0.6) is 0 Å². The molecule has 0 saturated heterocycles. The fourth-order valence-corrected chi connectivity index (χ4v) is 1.74. The van der Waals surface area contributed by atoms with Crippen molar-refractivity contribution in [1.29, 1.82) is 0 Å². The van der Waals surface area contributed by atoms with E-state index in [9.17, 15) is 4.79 Å². The van der Waals surface area contributed by atoms with Crippen LogP contribution in [0.4, 0.5) is 17.5 Å². The molecule has 0 spiro atoms. The van der Waals surface area contributed by atoms with E-state index in [1.807, 2.05) is 0 Å². The third kappa shape index (κ3) is 4.42. The summed E-state index contributed by atoms with van der Waals surface area (Å²) in [6.45, 7) is 1.27. The van der Waals surface area contributed by atoms with E-state index in [-0.39, 0.29) is 5.97 Å². The minimum absolute atomic E-state index is 0.368. The van der Waals surface area contributed by atoms with Crippen LogP contribution in [0.2, 0.25) is 0 Å². The molecule has 1 aromatic carbocycles. The molecule has 0 saturated carbocycles. The van der Waals surface area contributed by atoms with Gasteiger partial charge in [-0.2, -0.15) is 4.98 Å². The van der Waals surface area contributed by atoms with Gasteiger partial charge in [-0.3, -0.25) is 0 Å². The van der Waals surface area contributed by atoms with Crippen molar-refractivity contribution in [3.05, 3.63) is 42.1 Å². The summed E-state index contributed by atoms with van der Waals surface area (Å²) in [6, 6.07) is 8.66. The molecule has 1 aromatic heterocycles. The highest BCUT2D eigenvalue weighted by atomic mass is 16.5. The van der Waals surface area contributed by atoms with Gasteiger partial charge < -0.3 is 20.1 Å². The number of hydrogen-bond acceptors (Lipinski definition) is 7. The van der Waals surface area contributed by atoms with Crippen LogP contribution in [-0.2, 0) is 9.47 Å². The van der Waals surface area contributed by atoms with Gasteiger partial charge in [0.05, 0.1) is 19.3 Å². The van der Waals surface area contributed by atoms with Gasteiger partial charge in [-0.1, -0.05) is 0 Å². The molecule has 7 heteroatoms. The highest BCUT2D eigenvalue weighted by Gasteiger charge is 2.05. The topological polar surface area (TPSA) is 85.4 Å². The number of nitrogens with zero attached hydrogens (tertiary/aromatic N) is 2. The SMILES string of the molecule is COCCNc1ccnc(Nc2ccc(C(=O)OC)cc2)n1. The number of esters is 1. The predicted molar refractivity (Wildman–Crippen MR) is 83.5 cm³/mol. The van der Waals surface area contributed by atoms with E-state index in [2.05, 4.69) is 25.3 Å². The van der Waals surface area contributed by atoms with Crippen molar-refractivity contribution in [1.82, 2.24) is 9.97 Å². The van der Waals surface area contributed by atoms with Gasteiger partial charge in [0.1, 0.15) is 5.82 Å². The van der Waals surface area contributed by atoms with Gasteiger partial charge in [-0.15, -0.1) is 0 Å². The van der Waals surface area contributed by atoms with Crippen LogP contribution in [0.15, 0.2) is 36.5 Å². The first-order chi connectivity index (χ1) is 10.7. The highest BCUT2D eigenvalue weighted by molar-refractivity contribution is 5.89. The molecule has 0 aliphatic rings. The van der Waals surface area contributed by atoms with Crippen LogP contribution < -0.4 is 10.6 Å². The summed E-state index contributed by atoms with van der Waals surface area (Å²) in [5, 5.41) is 6.20. The number of rotatable bonds is 7. The molecule has 2 N–H and O–H groups in total. The lowest BCUT2D eigenvalue weighted by atomic mass is 10.2. The summed E-state index contributed by atoms with van der Waals surface area (Å²) in [4.78, 5) is 19.9. The van der Waals surface area contributed by atoms with E-state index in [0.29, 0.717) is 30.5 Å². The van der Waals surface area contributed by atoms with Crippen molar-refractivity contribution < 1.29 is 14.3 Å². The lowest BCUT2D eigenvalue weighted by Crippen LogP contribution is -2.09. The molecular formula is C15H18N4O3. The number of ether oxygens (including phenoxy) is 2. The Balaban J connectivity index is 2.01. The minimum atomic E-state index is -0.368. The van der Waals surface area contributed by atoms with Crippen molar-refractivity contribution in [2.75, 3.05) is 38.0 Å². The predicted octanol–water partition coefficient (Wildman–Crippen LogP) is 2.07. The summed E-state index contributed by atoms with van der Waals surface area (Å²) < 4.78 is 9.62. The first kappa shape index (κ1) is 15.7. The maximum absolute atomic E-state index is 11.4. The fraction of sp³-hybridized carbons (Fsp3) is 0.267. The van der Waals surface area contributed by atoms with E-state index in [1.54, 1.807) is 43.6 Å². The van der Waals surface area contributed by atoms with E-state index < -0.39 is 0 Å². The number of carbonyl (C=O) groups excluding carboxylic acids is 1. The molecular weight excluding hydrogens is 284 g/mol. The molecule has 0 bridgehead atoms. The van der Waals surface area contributed by atoms with Crippen LogP contribution in [-0.4, -0.2) is 43.3 Å². The summed E-state index contributed by atoms with van der Waals surface area (Å²) in [5.74, 6) is 0.807. The minimum Gasteiger partial charge on any atom is -0.465 e. The Kier molecular flexibility index (Phi) is 5.67. The summed E-state index contributed by atoms with van der Waals surface area (Å²) in [6.07, 6.45) is 1.66. The number of methoxy groups -OCH3 is 2. The Morgan fingerprint density at radius 3 is 2.64 bits per heavy atom. The van der Waals surface area contributed by atoms with Crippen molar-refractivity contribution in [3.8, 4) is 0 Å². The fourth-order valence-electron chi connectivity index (χ4n) is 1.74. The quantitative estimate of drug-likeness (QED) is 0.598. The van der Waals surface area contributed by atoms with Crippen molar-refractivity contribution in [2.24, 2.45) is 0 Å². The van der Waals surface area contributed by atoms with Gasteiger partial charge in [0.15, 0.2) is 0 Å². The number of nitrogens with one attached hydrogen (secondary N) is 2. The molecule has 0 radical (unpaired) electrons. The maximum atomic E-state index is 11.4.